The molecular formula is C11H5Cl6N3O. The van der Waals surface area contributed by atoms with Crippen LogP contribution >= 0.6 is 69.6 Å². The molecule has 21 heavy (non-hydrogen) atoms. The molecule has 0 aromatic carbocycles. The van der Waals surface area contributed by atoms with E-state index in [9.17, 15) is 0 Å². The van der Waals surface area contributed by atoms with Crippen LogP contribution in [0.3, 0.4) is 0 Å². The van der Waals surface area contributed by atoms with Crippen molar-refractivity contribution in [2.45, 2.75) is 7.59 Å². The Morgan fingerprint density at radius 3 is 1.86 bits per heavy atom. The van der Waals surface area contributed by atoms with Gasteiger partial charge in [-0.1, -0.05) is 69.6 Å². The summed E-state index contributed by atoms with van der Waals surface area (Å²) in [5.74, 6) is 0.441. The first-order chi connectivity index (χ1) is 9.66. The summed E-state index contributed by atoms with van der Waals surface area (Å²) in [6.45, 7) is 0. The van der Waals surface area contributed by atoms with Gasteiger partial charge >= 0.3 is 0 Å². The highest BCUT2D eigenvalue weighted by atomic mass is 35.6. The van der Waals surface area contributed by atoms with Crippen molar-refractivity contribution >= 4 is 81.8 Å². The number of aromatic nitrogens is 3. The van der Waals surface area contributed by atoms with Crippen LogP contribution in [0, 0.1) is 0 Å². The largest absolute Gasteiger partial charge is 0.465 e. The van der Waals surface area contributed by atoms with Crippen LogP contribution in [0.4, 0.5) is 0 Å². The van der Waals surface area contributed by atoms with Crippen LogP contribution in [-0.2, 0) is 7.59 Å². The predicted molar refractivity (Wildman–Crippen MR) is 85.9 cm³/mol. The van der Waals surface area contributed by atoms with Gasteiger partial charge in [0.2, 0.25) is 7.59 Å². The second kappa shape index (κ2) is 6.49. The molecule has 0 fully saturated rings. The van der Waals surface area contributed by atoms with Gasteiger partial charge in [0.1, 0.15) is 5.76 Å². The van der Waals surface area contributed by atoms with Gasteiger partial charge in [-0.05, 0) is 24.3 Å². The molecule has 4 nitrogen and oxygen atoms in total. The molecule has 0 saturated heterocycles. The number of halogens is 6. The maximum Gasteiger partial charge on any atom is 0.250 e. The molecule has 0 unspecified atom stereocenters. The van der Waals surface area contributed by atoms with Gasteiger partial charge in [-0.2, -0.15) is 0 Å². The molecule has 2 heterocycles. The van der Waals surface area contributed by atoms with Crippen LogP contribution in [0.1, 0.15) is 23.2 Å². The fraction of sp³-hybridized carbons (Fsp3) is 0.182. The van der Waals surface area contributed by atoms with E-state index in [0.29, 0.717) is 5.76 Å². The Labute approximate surface area is 150 Å². The first-order valence-corrected chi connectivity index (χ1v) is 7.55. The summed E-state index contributed by atoms with van der Waals surface area (Å²) in [4.78, 5) is 11.8. The molecule has 0 spiro atoms. The number of alkyl halides is 6. The van der Waals surface area contributed by atoms with Crippen LogP contribution in [0.15, 0.2) is 22.8 Å². The lowest BCUT2D eigenvalue weighted by Gasteiger charge is -2.14. The van der Waals surface area contributed by atoms with Crippen molar-refractivity contribution < 1.29 is 4.42 Å². The Hall–Kier alpha value is -0.230. The summed E-state index contributed by atoms with van der Waals surface area (Å²) in [6, 6.07) is 3.47. The second-order valence-electron chi connectivity index (χ2n) is 3.69. The zero-order valence-corrected chi connectivity index (χ0v) is 14.4. The number of nitrogens with zero attached hydrogens (tertiary/aromatic N) is 3. The van der Waals surface area contributed by atoms with Crippen LogP contribution in [-0.4, -0.2) is 15.0 Å². The van der Waals surface area contributed by atoms with E-state index >= 15 is 0 Å². The topological polar surface area (TPSA) is 51.8 Å². The number of hydrogen-bond acceptors (Lipinski definition) is 4. The molecule has 0 bridgehead atoms. The van der Waals surface area contributed by atoms with E-state index < -0.39 is 7.59 Å². The van der Waals surface area contributed by atoms with Gasteiger partial charge in [0, 0.05) is 0 Å². The summed E-state index contributed by atoms with van der Waals surface area (Å²) in [6.07, 6.45) is 4.65. The molecule has 0 aliphatic heterocycles. The zero-order chi connectivity index (χ0) is 15.7. The lowest BCUT2D eigenvalue weighted by molar-refractivity contribution is 0.557. The Bertz CT molecular complexity index is 613. The molecule has 0 saturated carbocycles. The van der Waals surface area contributed by atoms with Crippen molar-refractivity contribution in [3.05, 3.63) is 41.6 Å². The third kappa shape index (κ3) is 4.88. The lowest BCUT2D eigenvalue weighted by atomic mass is 10.4. The zero-order valence-electron chi connectivity index (χ0n) is 9.90. The highest BCUT2D eigenvalue weighted by Gasteiger charge is 2.33. The Balaban J connectivity index is 2.45. The van der Waals surface area contributed by atoms with Gasteiger partial charge < -0.3 is 4.42 Å². The van der Waals surface area contributed by atoms with Crippen molar-refractivity contribution in [2.75, 3.05) is 0 Å². The standard InChI is InChI=1S/C11H5Cl6N3O/c12-10(13,14)8-18-7(4-3-6-2-1-5-21-6)19-9(20-8)11(15,16)17/h1-5H/b4-3+. The SMILES string of the molecule is ClC(Cl)(Cl)c1nc(/C=C/c2ccco2)nc(C(Cl)(Cl)Cl)n1. The van der Waals surface area contributed by atoms with Crippen molar-refractivity contribution in [2.24, 2.45) is 0 Å². The number of furan rings is 1. The van der Waals surface area contributed by atoms with Gasteiger partial charge in [-0.3, -0.25) is 0 Å². The minimum absolute atomic E-state index is 0.150. The first-order valence-electron chi connectivity index (χ1n) is 5.28. The van der Waals surface area contributed by atoms with E-state index in [-0.39, 0.29) is 17.5 Å². The third-order valence-corrected chi connectivity index (χ3v) is 3.11. The average molecular weight is 408 g/mol. The first kappa shape index (κ1) is 17.1. The second-order valence-corrected chi connectivity index (χ2v) is 8.25. The smallest absolute Gasteiger partial charge is 0.250 e. The minimum atomic E-state index is -1.87. The van der Waals surface area contributed by atoms with Gasteiger partial charge in [-0.25, -0.2) is 15.0 Å². The number of rotatable bonds is 2. The van der Waals surface area contributed by atoms with E-state index in [1.165, 1.54) is 12.3 Å². The summed E-state index contributed by atoms with van der Waals surface area (Å²) < 4.78 is 1.39. The van der Waals surface area contributed by atoms with E-state index in [0.717, 1.165) is 0 Å². The molecule has 0 aliphatic carbocycles. The van der Waals surface area contributed by atoms with E-state index in [4.69, 9.17) is 74.0 Å². The van der Waals surface area contributed by atoms with Crippen molar-refractivity contribution in [3.8, 4) is 0 Å². The Morgan fingerprint density at radius 2 is 1.43 bits per heavy atom. The maximum absolute atomic E-state index is 5.76. The van der Waals surface area contributed by atoms with Gasteiger partial charge in [0.15, 0.2) is 17.5 Å². The summed E-state index contributed by atoms with van der Waals surface area (Å²) in [5.41, 5.74) is 0. The highest BCUT2D eigenvalue weighted by Crippen LogP contribution is 2.39. The predicted octanol–water partition coefficient (Wildman–Crippen LogP) is 5.29. The summed E-state index contributed by atoms with van der Waals surface area (Å²) >= 11 is 34.6. The van der Waals surface area contributed by atoms with Crippen molar-refractivity contribution in [1.29, 1.82) is 0 Å². The van der Waals surface area contributed by atoms with Gasteiger partial charge in [0.05, 0.1) is 6.26 Å². The van der Waals surface area contributed by atoms with Crippen molar-refractivity contribution in [3.63, 3.8) is 0 Å². The molecule has 0 amide bonds. The van der Waals surface area contributed by atoms with Gasteiger partial charge in [-0.15, -0.1) is 0 Å². The maximum atomic E-state index is 5.76. The summed E-state index contributed by atoms with van der Waals surface area (Å²) in [5, 5.41) is 0. The fourth-order valence-electron chi connectivity index (χ4n) is 1.26. The molecule has 112 valence electrons. The van der Waals surface area contributed by atoms with Crippen molar-refractivity contribution in [1.82, 2.24) is 15.0 Å². The number of hydrogen-bond donors (Lipinski definition) is 0. The van der Waals surface area contributed by atoms with Crippen LogP contribution in [0.25, 0.3) is 12.2 Å². The molecule has 10 heteroatoms. The molecule has 2 aromatic heterocycles. The third-order valence-electron chi connectivity index (χ3n) is 2.10. The molecular weight excluding hydrogens is 403 g/mol. The Morgan fingerprint density at radius 1 is 0.857 bits per heavy atom. The molecule has 0 radical (unpaired) electrons. The van der Waals surface area contributed by atoms with E-state index in [1.54, 1.807) is 18.2 Å². The quantitative estimate of drug-likeness (QED) is 0.635. The molecule has 2 rings (SSSR count). The molecule has 0 N–H and O–H groups in total. The van der Waals surface area contributed by atoms with E-state index in [1.807, 2.05) is 0 Å². The Kier molecular flexibility index (Phi) is 5.29. The highest BCUT2D eigenvalue weighted by molar-refractivity contribution is 6.67. The summed E-state index contributed by atoms with van der Waals surface area (Å²) in [7, 11) is 0. The van der Waals surface area contributed by atoms with Crippen LogP contribution in [0.5, 0.6) is 0 Å². The average Bonchev–Trinajstić information content (AvgIpc) is 2.87. The van der Waals surface area contributed by atoms with Crippen LogP contribution in [0.2, 0.25) is 0 Å². The molecule has 0 aliphatic rings. The molecule has 0 atom stereocenters. The molecule has 2 aromatic rings. The van der Waals surface area contributed by atoms with Gasteiger partial charge in [0.25, 0.3) is 0 Å². The fourth-order valence-corrected chi connectivity index (χ4v) is 1.77. The minimum Gasteiger partial charge on any atom is -0.465 e. The normalized spacial score (nSPS) is 13.0. The van der Waals surface area contributed by atoms with E-state index in [2.05, 4.69) is 15.0 Å². The van der Waals surface area contributed by atoms with Crippen LogP contribution < -0.4 is 0 Å². The lowest BCUT2D eigenvalue weighted by Crippen LogP contribution is -2.16. The monoisotopic (exact) mass is 405 g/mol.